The van der Waals surface area contributed by atoms with Crippen molar-refractivity contribution >= 4 is 23.4 Å². The second-order valence-electron chi connectivity index (χ2n) is 6.26. The van der Waals surface area contributed by atoms with E-state index in [0.29, 0.717) is 27.8 Å². The fraction of sp³-hybridized carbons (Fsp3) is 0.263. The Morgan fingerprint density at radius 3 is 2.75 bits per heavy atom. The molecule has 0 aliphatic heterocycles. The summed E-state index contributed by atoms with van der Waals surface area (Å²) in [6.07, 6.45) is 0. The average Bonchev–Trinajstić information content (AvgIpc) is 3.12. The number of hydrogen-bond acceptors (Lipinski definition) is 6. The maximum atomic E-state index is 13.7. The van der Waals surface area contributed by atoms with Crippen LogP contribution >= 0.6 is 11.8 Å². The first-order valence-electron chi connectivity index (χ1n) is 8.56. The van der Waals surface area contributed by atoms with E-state index in [1.54, 1.807) is 33.1 Å². The van der Waals surface area contributed by atoms with Crippen LogP contribution in [-0.4, -0.2) is 38.5 Å². The van der Waals surface area contributed by atoms with E-state index in [0.717, 1.165) is 5.56 Å². The second-order valence-corrected chi connectivity index (χ2v) is 7.57. The summed E-state index contributed by atoms with van der Waals surface area (Å²) in [6.45, 7) is 5.35. The number of aryl methyl sites for hydroxylation is 2. The van der Waals surface area contributed by atoms with Gasteiger partial charge in [-0.05, 0) is 66.6 Å². The molecule has 1 unspecified atom stereocenters. The van der Waals surface area contributed by atoms with Crippen LogP contribution in [0, 0.1) is 19.7 Å². The van der Waals surface area contributed by atoms with E-state index >= 15 is 0 Å². The van der Waals surface area contributed by atoms with Crippen LogP contribution in [-0.2, 0) is 4.79 Å². The number of halogens is 1. The molecule has 28 heavy (non-hydrogen) atoms. The zero-order valence-corrected chi connectivity index (χ0v) is 16.7. The van der Waals surface area contributed by atoms with E-state index in [1.165, 1.54) is 22.5 Å². The lowest BCUT2D eigenvalue weighted by molar-refractivity contribution is -0.115. The van der Waals surface area contributed by atoms with Crippen LogP contribution in [0.25, 0.3) is 5.69 Å². The molecule has 3 aromatic rings. The van der Waals surface area contributed by atoms with Gasteiger partial charge in [-0.25, -0.2) is 4.39 Å². The van der Waals surface area contributed by atoms with Gasteiger partial charge < -0.3 is 10.1 Å². The number of carbonyl (C=O) groups excluding carboxylic acids is 1. The lowest BCUT2D eigenvalue weighted by atomic mass is 10.2. The molecule has 9 heteroatoms. The van der Waals surface area contributed by atoms with Crippen LogP contribution in [0.4, 0.5) is 10.1 Å². The third-order valence-electron chi connectivity index (χ3n) is 4.09. The number of carbonyl (C=O) groups is 1. The van der Waals surface area contributed by atoms with Gasteiger partial charge in [-0.15, -0.1) is 5.10 Å². The number of hydrogen-bond donors (Lipinski definition) is 1. The number of thioether (sulfide) groups is 1. The van der Waals surface area contributed by atoms with E-state index in [-0.39, 0.29) is 11.7 Å². The first-order chi connectivity index (χ1) is 13.4. The third kappa shape index (κ3) is 4.30. The topological polar surface area (TPSA) is 81.9 Å². The van der Waals surface area contributed by atoms with Crippen molar-refractivity contribution in [3.05, 3.63) is 53.3 Å². The van der Waals surface area contributed by atoms with Gasteiger partial charge in [0.15, 0.2) is 0 Å². The lowest BCUT2D eigenvalue weighted by Gasteiger charge is -2.13. The maximum absolute atomic E-state index is 13.7. The standard InChI is InChI=1S/C19H20FN5O2S/c1-11-5-8-17(27-4)16(9-11)25-19(22-23-24-25)28-13(3)18(26)21-14-7-6-12(2)15(20)10-14/h5-10,13H,1-4H3,(H,21,26). The molecule has 3 rings (SSSR count). The zero-order chi connectivity index (χ0) is 20.3. The monoisotopic (exact) mass is 401 g/mol. The molecule has 0 saturated carbocycles. The summed E-state index contributed by atoms with van der Waals surface area (Å²) in [5.41, 5.74) is 2.63. The van der Waals surface area contributed by atoms with Crippen molar-refractivity contribution in [1.29, 1.82) is 0 Å². The molecule has 1 amide bonds. The SMILES string of the molecule is COc1ccc(C)cc1-n1nnnc1SC(C)C(=O)Nc1ccc(C)c(F)c1. The van der Waals surface area contributed by atoms with Crippen molar-refractivity contribution in [2.75, 3.05) is 12.4 Å². The molecule has 0 bridgehead atoms. The number of nitrogens with zero attached hydrogens (tertiary/aromatic N) is 4. The van der Waals surface area contributed by atoms with Crippen molar-refractivity contribution in [2.45, 2.75) is 31.2 Å². The van der Waals surface area contributed by atoms with Crippen molar-refractivity contribution in [3.63, 3.8) is 0 Å². The number of amides is 1. The number of rotatable bonds is 6. The number of tetrazole rings is 1. The normalized spacial score (nSPS) is 11.9. The minimum absolute atomic E-state index is 0.279. The highest BCUT2D eigenvalue weighted by atomic mass is 32.2. The Bertz CT molecular complexity index is 1010. The molecule has 1 heterocycles. The highest BCUT2D eigenvalue weighted by Crippen LogP contribution is 2.29. The molecule has 0 aliphatic rings. The summed E-state index contributed by atoms with van der Waals surface area (Å²) < 4.78 is 20.6. The summed E-state index contributed by atoms with van der Waals surface area (Å²) in [6, 6.07) is 10.2. The van der Waals surface area contributed by atoms with Gasteiger partial charge in [0.2, 0.25) is 11.1 Å². The molecule has 7 nitrogen and oxygen atoms in total. The molecule has 0 spiro atoms. The Balaban J connectivity index is 1.77. The smallest absolute Gasteiger partial charge is 0.237 e. The van der Waals surface area contributed by atoms with E-state index in [9.17, 15) is 9.18 Å². The summed E-state index contributed by atoms with van der Waals surface area (Å²) in [5.74, 6) is -0.0282. The highest BCUT2D eigenvalue weighted by molar-refractivity contribution is 8.00. The minimum Gasteiger partial charge on any atom is -0.494 e. The second kappa shape index (κ2) is 8.39. The minimum atomic E-state index is -0.509. The van der Waals surface area contributed by atoms with Gasteiger partial charge in [0.05, 0.1) is 12.4 Å². The lowest BCUT2D eigenvalue weighted by Crippen LogP contribution is -2.23. The van der Waals surface area contributed by atoms with Gasteiger partial charge in [-0.2, -0.15) is 4.68 Å². The molecule has 1 aromatic heterocycles. The van der Waals surface area contributed by atoms with Gasteiger partial charge in [0.1, 0.15) is 17.3 Å². The predicted octanol–water partition coefficient (Wildman–Crippen LogP) is 3.55. The van der Waals surface area contributed by atoms with Gasteiger partial charge in [0.25, 0.3) is 0 Å². The summed E-state index contributed by atoms with van der Waals surface area (Å²) >= 11 is 1.20. The Morgan fingerprint density at radius 2 is 2.04 bits per heavy atom. The Labute approximate surface area is 166 Å². The van der Waals surface area contributed by atoms with Crippen LogP contribution in [0.15, 0.2) is 41.6 Å². The zero-order valence-electron chi connectivity index (χ0n) is 15.9. The van der Waals surface area contributed by atoms with Gasteiger partial charge in [-0.1, -0.05) is 23.9 Å². The fourth-order valence-electron chi connectivity index (χ4n) is 2.50. The molecular weight excluding hydrogens is 381 g/mol. The number of methoxy groups -OCH3 is 1. The molecule has 0 radical (unpaired) electrons. The summed E-state index contributed by atoms with van der Waals surface area (Å²) in [4.78, 5) is 12.5. The van der Waals surface area contributed by atoms with E-state index in [1.807, 2.05) is 25.1 Å². The van der Waals surface area contributed by atoms with Crippen LogP contribution in [0.5, 0.6) is 5.75 Å². The van der Waals surface area contributed by atoms with Gasteiger partial charge in [0, 0.05) is 5.69 Å². The Morgan fingerprint density at radius 1 is 1.25 bits per heavy atom. The highest BCUT2D eigenvalue weighted by Gasteiger charge is 2.21. The van der Waals surface area contributed by atoms with Crippen LogP contribution in [0.1, 0.15) is 18.1 Å². The first kappa shape index (κ1) is 19.8. The number of benzene rings is 2. The van der Waals surface area contributed by atoms with Crippen molar-refractivity contribution < 1.29 is 13.9 Å². The van der Waals surface area contributed by atoms with Gasteiger partial charge >= 0.3 is 0 Å². The summed E-state index contributed by atoms with van der Waals surface area (Å²) in [5, 5.41) is 14.4. The molecule has 1 N–H and O–H groups in total. The molecule has 2 aromatic carbocycles. The van der Waals surface area contributed by atoms with Crippen LogP contribution in [0.3, 0.4) is 0 Å². The quantitative estimate of drug-likeness (QED) is 0.636. The third-order valence-corrected chi connectivity index (χ3v) is 5.13. The van der Waals surface area contributed by atoms with Gasteiger partial charge in [-0.3, -0.25) is 4.79 Å². The van der Waals surface area contributed by atoms with Crippen molar-refractivity contribution in [1.82, 2.24) is 20.2 Å². The average molecular weight is 401 g/mol. The number of ether oxygens (including phenoxy) is 1. The molecule has 1 atom stereocenters. The number of anilines is 1. The van der Waals surface area contributed by atoms with Crippen LogP contribution < -0.4 is 10.1 Å². The molecule has 0 saturated heterocycles. The van der Waals surface area contributed by atoms with E-state index in [2.05, 4.69) is 20.8 Å². The van der Waals surface area contributed by atoms with E-state index in [4.69, 9.17) is 4.74 Å². The fourth-order valence-corrected chi connectivity index (χ4v) is 3.30. The number of aromatic nitrogens is 4. The first-order valence-corrected chi connectivity index (χ1v) is 9.44. The maximum Gasteiger partial charge on any atom is 0.237 e. The van der Waals surface area contributed by atoms with E-state index < -0.39 is 5.25 Å². The molecule has 146 valence electrons. The summed E-state index contributed by atoms with van der Waals surface area (Å²) in [7, 11) is 1.57. The molecular formula is C19H20FN5O2S. The predicted molar refractivity (Wildman–Crippen MR) is 106 cm³/mol. The Hall–Kier alpha value is -2.94. The number of nitrogens with one attached hydrogen (secondary N) is 1. The van der Waals surface area contributed by atoms with Crippen molar-refractivity contribution in [3.8, 4) is 11.4 Å². The largest absolute Gasteiger partial charge is 0.494 e. The molecule has 0 fully saturated rings. The van der Waals surface area contributed by atoms with Crippen molar-refractivity contribution in [2.24, 2.45) is 0 Å². The van der Waals surface area contributed by atoms with Crippen LogP contribution in [0.2, 0.25) is 0 Å². The Kier molecular flexibility index (Phi) is 5.93. The molecule has 0 aliphatic carbocycles.